The predicted octanol–water partition coefficient (Wildman–Crippen LogP) is 3.16. The molecule has 18 heavy (non-hydrogen) atoms. The molecule has 1 N–H and O–H groups in total. The van der Waals surface area contributed by atoms with Crippen LogP contribution in [0.15, 0.2) is 21.3 Å². The molecule has 0 aliphatic heterocycles. The quantitative estimate of drug-likeness (QED) is 0.945. The molecule has 0 aliphatic carbocycles. The molecule has 6 heteroatoms. The number of carboxylic acid groups (broad SMARTS) is 1. The zero-order chi connectivity index (χ0) is 13.4. The number of hydrogen-bond donors (Lipinski definition) is 1. The highest BCUT2D eigenvalue weighted by Gasteiger charge is 2.22. The molecule has 1 unspecified atom stereocenters. The van der Waals surface area contributed by atoms with E-state index in [-0.39, 0.29) is 11.7 Å². The average molecular weight is 313 g/mol. The first-order valence-corrected chi connectivity index (χ1v) is 6.24. The molecular formula is C12H13BrN2O3. The minimum atomic E-state index is -0.959. The molecular weight excluding hydrogens is 300 g/mol. The summed E-state index contributed by atoms with van der Waals surface area (Å²) in [6.07, 6.45) is 1.75. The minimum Gasteiger partial charge on any atom is -0.477 e. The minimum absolute atomic E-state index is 0.145. The van der Waals surface area contributed by atoms with Gasteiger partial charge in [-0.15, -0.1) is 0 Å². The number of aromatic nitrogens is 2. The van der Waals surface area contributed by atoms with E-state index in [0.29, 0.717) is 5.76 Å². The number of aryl methyl sites for hydroxylation is 2. The maximum Gasteiger partial charge on any atom is 0.352 e. The SMILES string of the molecule is Cc1noc(C)c1C(C)n1cc(Br)cc1C(=O)O. The largest absolute Gasteiger partial charge is 0.477 e. The lowest BCUT2D eigenvalue weighted by Gasteiger charge is -2.15. The highest BCUT2D eigenvalue weighted by molar-refractivity contribution is 9.10. The van der Waals surface area contributed by atoms with Crippen molar-refractivity contribution in [3.05, 3.63) is 39.4 Å². The molecule has 1 atom stereocenters. The summed E-state index contributed by atoms with van der Waals surface area (Å²) < 4.78 is 7.55. The monoisotopic (exact) mass is 312 g/mol. The Kier molecular flexibility index (Phi) is 3.30. The van der Waals surface area contributed by atoms with Crippen LogP contribution in [0, 0.1) is 13.8 Å². The van der Waals surface area contributed by atoms with Gasteiger partial charge in [-0.1, -0.05) is 5.16 Å². The van der Waals surface area contributed by atoms with Crippen LogP contribution in [0.4, 0.5) is 0 Å². The summed E-state index contributed by atoms with van der Waals surface area (Å²) in [5.74, 6) is -0.250. The van der Waals surface area contributed by atoms with Crippen molar-refractivity contribution < 1.29 is 14.4 Å². The van der Waals surface area contributed by atoms with E-state index in [4.69, 9.17) is 4.52 Å². The van der Waals surface area contributed by atoms with Crippen LogP contribution < -0.4 is 0 Å². The van der Waals surface area contributed by atoms with Crippen molar-refractivity contribution in [2.75, 3.05) is 0 Å². The van der Waals surface area contributed by atoms with Gasteiger partial charge in [0.1, 0.15) is 11.5 Å². The number of rotatable bonds is 3. The van der Waals surface area contributed by atoms with Crippen molar-refractivity contribution in [1.82, 2.24) is 9.72 Å². The van der Waals surface area contributed by atoms with Gasteiger partial charge < -0.3 is 14.2 Å². The molecule has 2 rings (SSSR count). The number of halogens is 1. The fraction of sp³-hybridized carbons (Fsp3) is 0.333. The maximum absolute atomic E-state index is 11.2. The van der Waals surface area contributed by atoms with Gasteiger partial charge in [0.25, 0.3) is 0 Å². The first-order chi connectivity index (χ1) is 8.41. The summed E-state index contributed by atoms with van der Waals surface area (Å²) in [6.45, 7) is 5.59. The van der Waals surface area contributed by atoms with Crippen LogP contribution in [-0.4, -0.2) is 20.8 Å². The Morgan fingerprint density at radius 2 is 2.22 bits per heavy atom. The Morgan fingerprint density at radius 3 is 2.72 bits per heavy atom. The molecule has 0 fully saturated rings. The third kappa shape index (κ3) is 2.08. The smallest absolute Gasteiger partial charge is 0.352 e. The lowest BCUT2D eigenvalue weighted by Crippen LogP contribution is -2.14. The van der Waals surface area contributed by atoms with Gasteiger partial charge in [-0.25, -0.2) is 4.79 Å². The van der Waals surface area contributed by atoms with E-state index in [1.165, 1.54) is 0 Å². The van der Waals surface area contributed by atoms with Crippen molar-refractivity contribution in [1.29, 1.82) is 0 Å². The van der Waals surface area contributed by atoms with Gasteiger partial charge in [-0.3, -0.25) is 0 Å². The normalized spacial score (nSPS) is 12.7. The Hall–Kier alpha value is -1.56. The predicted molar refractivity (Wildman–Crippen MR) is 68.9 cm³/mol. The number of hydrogen-bond acceptors (Lipinski definition) is 3. The van der Waals surface area contributed by atoms with Crippen LogP contribution in [0.2, 0.25) is 0 Å². The lowest BCUT2D eigenvalue weighted by molar-refractivity contribution is 0.0684. The number of nitrogens with zero attached hydrogens (tertiary/aromatic N) is 2. The first-order valence-electron chi connectivity index (χ1n) is 5.45. The highest BCUT2D eigenvalue weighted by atomic mass is 79.9. The molecule has 2 aromatic rings. The molecule has 0 saturated carbocycles. The van der Waals surface area contributed by atoms with Crippen molar-refractivity contribution in [2.45, 2.75) is 26.8 Å². The van der Waals surface area contributed by atoms with Crippen molar-refractivity contribution in [3.8, 4) is 0 Å². The Morgan fingerprint density at radius 1 is 1.56 bits per heavy atom. The Balaban J connectivity index is 2.52. The van der Waals surface area contributed by atoms with Gasteiger partial charge in [0.05, 0.1) is 11.7 Å². The third-order valence-electron chi connectivity index (χ3n) is 2.96. The van der Waals surface area contributed by atoms with Gasteiger partial charge in [-0.2, -0.15) is 0 Å². The molecule has 0 bridgehead atoms. The molecule has 0 amide bonds. The van der Waals surface area contributed by atoms with E-state index in [2.05, 4.69) is 21.1 Å². The molecule has 0 aromatic carbocycles. The second-order valence-electron chi connectivity index (χ2n) is 4.17. The second kappa shape index (κ2) is 4.61. The summed E-state index contributed by atoms with van der Waals surface area (Å²) in [6, 6.07) is 1.44. The molecule has 96 valence electrons. The molecule has 0 spiro atoms. The van der Waals surface area contributed by atoms with Crippen LogP contribution in [-0.2, 0) is 0 Å². The summed E-state index contributed by atoms with van der Waals surface area (Å²) in [5.41, 5.74) is 1.93. The Bertz CT molecular complexity index is 581. The highest BCUT2D eigenvalue weighted by Crippen LogP contribution is 2.28. The summed E-state index contributed by atoms with van der Waals surface area (Å²) in [5, 5.41) is 13.1. The maximum atomic E-state index is 11.2. The van der Waals surface area contributed by atoms with Gasteiger partial charge in [0.2, 0.25) is 0 Å². The van der Waals surface area contributed by atoms with Crippen LogP contribution in [0.1, 0.15) is 40.5 Å². The first kappa shape index (κ1) is 12.9. The molecule has 2 aromatic heterocycles. The standard InChI is InChI=1S/C12H13BrN2O3/c1-6-11(8(3)18-14-6)7(2)15-5-9(13)4-10(15)12(16)17/h4-5,7H,1-3H3,(H,16,17). The van der Waals surface area contributed by atoms with Crippen molar-refractivity contribution >= 4 is 21.9 Å². The van der Waals surface area contributed by atoms with E-state index < -0.39 is 5.97 Å². The van der Waals surface area contributed by atoms with Crippen molar-refractivity contribution in [2.24, 2.45) is 0 Å². The number of carboxylic acids is 1. The van der Waals surface area contributed by atoms with Crippen LogP contribution in [0.25, 0.3) is 0 Å². The number of aromatic carboxylic acids is 1. The molecule has 0 radical (unpaired) electrons. The van der Waals surface area contributed by atoms with Crippen LogP contribution in [0.3, 0.4) is 0 Å². The molecule has 0 saturated heterocycles. The van der Waals surface area contributed by atoms with E-state index >= 15 is 0 Å². The molecule has 0 aliphatic rings. The van der Waals surface area contributed by atoms with Gasteiger partial charge in [0.15, 0.2) is 0 Å². The fourth-order valence-electron chi connectivity index (χ4n) is 2.16. The fourth-order valence-corrected chi connectivity index (χ4v) is 2.60. The van der Waals surface area contributed by atoms with Gasteiger partial charge in [0, 0.05) is 16.2 Å². The summed E-state index contributed by atoms with van der Waals surface area (Å²) in [7, 11) is 0. The van der Waals surface area contributed by atoms with Gasteiger partial charge in [-0.05, 0) is 42.8 Å². The van der Waals surface area contributed by atoms with E-state index in [9.17, 15) is 9.90 Å². The zero-order valence-corrected chi connectivity index (χ0v) is 11.9. The van der Waals surface area contributed by atoms with E-state index in [0.717, 1.165) is 15.7 Å². The molecule has 2 heterocycles. The molecule has 5 nitrogen and oxygen atoms in total. The summed E-state index contributed by atoms with van der Waals surface area (Å²) in [4.78, 5) is 11.2. The van der Waals surface area contributed by atoms with Crippen molar-refractivity contribution in [3.63, 3.8) is 0 Å². The van der Waals surface area contributed by atoms with Crippen LogP contribution >= 0.6 is 15.9 Å². The second-order valence-corrected chi connectivity index (χ2v) is 5.09. The third-order valence-corrected chi connectivity index (χ3v) is 3.39. The van der Waals surface area contributed by atoms with E-state index in [1.54, 1.807) is 16.8 Å². The number of carbonyl (C=O) groups is 1. The zero-order valence-electron chi connectivity index (χ0n) is 10.3. The lowest BCUT2D eigenvalue weighted by atomic mass is 10.1. The summed E-state index contributed by atoms with van der Waals surface area (Å²) >= 11 is 3.30. The average Bonchev–Trinajstić information content (AvgIpc) is 2.82. The topological polar surface area (TPSA) is 68.3 Å². The van der Waals surface area contributed by atoms with Gasteiger partial charge >= 0.3 is 5.97 Å². The Labute approximate surface area is 113 Å². The van der Waals surface area contributed by atoms with E-state index in [1.807, 2.05) is 20.8 Å². The van der Waals surface area contributed by atoms with Crippen LogP contribution in [0.5, 0.6) is 0 Å².